The molecule has 0 aliphatic heterocycles. The Morgan fingerprint density at radius 2 is 1.77 bits per heavy atom. The number of hydrogen-bond acceptors (Lipinski definition) is 4. The van der Waals surface area contributed by atoms with Crippen LogP contribution in [0.3, 0.4) is 0 Å². The summed E-state index contributed by atoms with van der Waals surface area (Å²) in [5, 5.41) is 4.40. The topological polar surface area (TPSA) is 72.2 Å². The lowest BCUT2D eigenvalue weighted by molar-refractivity contribution is 0.252. The second kappa shape index (κ2) is 11.7. The maximum Gasteiger partial charge on any atom is 0.175 e. The first-order chi connectivity index (χ1) is 13.3. The molecule has 8 heteroatoms. The number of halogens is 3. The first kappa shape index (κ1) is 27.2. The molecular weight excluding hydrogens is 463 g/mol. The predicted octanol–water partition coefficient (Wildman–Crippen LogP) is 4.56. The van der Waals surface area contributed by atoms with Crippen LogP contribution in [0, 0.1) is 0 Å². The smallest absolute Gasteiger partial charge is 0.175 e. The minimum Gasteiger partial charge on any atom is -0.330 e. The van der Waals surface area contributed by atoms with E-state index in [4.69, 9.17) is 17.3 Å². The van der Waals surface area contributed by atoms with Crippen molar-refractivity contribution in [2.45, 2.75) is 48.5 Å². The molecule has 168 valence electrons. The van der Waals surface area contributed by atoms with Gasteiger partial charge in [0.15, 0.2) is 9.84 Å². The molecule has 0 saturated heterocycles. The van der Waals surface area contributed by atoms with Crippen LogP contribution < -0.4 is 11.1 Å². The average Bonchev–Trinajstić information content (AvgIpc) is 2.68. The summed E-state index contributed by atoms with van der Waals surface area (Å²) in [6.45, 7) is 1.48. The highest BCUT2D eigenvalue weighted by molar-refractivity contribution is 7.90. The molecular formula is C22H31Cl3N2O2S. The van der Waals surface area contributed by atoms with Crippen LogP contribution in [0.25, 0.3) is 0 Å². The van der Waals surface area contributed by atoms with E-state index in [-0.39, 0.29) is 30.2 Å². The number of nitrogens with two attached hydrogens (primary N) is 1. The van der Waals surface area contributed by atoms with Crippen molar-refractivity contribution in [1.29, 1.82) is 0 Å². The lowest BCUT2D eigenvalue weighted by Crippen LogP contribution is -2.44. The number of rotatable bonds is 7. The third-order valence-corrected chi connectivity index (χ3v) is 7.29. The molecule has 3 rings (SSSR count). The van der Waals surface area contributed by atoms with Gasteiger partial charge in [0.1, 0.15) is 0 Å². The van der Waals surface area contributed by atoms with Crippen molar-refractivity contribution in [2.24, 2.45) is 5.73 Å². The number of hydrogen-bond donors (Lipinski definition) is 2. The van der Waals surface area contributed by atoms with Gasteiger partial charge in [0.05, 0.1) is 4.90 Å². The van der Waals surface area contributed by atoms with Crippen LogP contribution in [0.15, 0.2) is 53.4 Å². The van der Waals surface area contributed by atoms with Gasteiger partial charge in [0.2, 0.25) is 0 Å². The molecule has 0 heterocycles. The molecule has 2 aromatic rings. The summed E-state index contributed by atoms with van der Waals surface area (Å²) in [5.41, 5.74) is 8.49. The SMILES string of the molecule is CS(=O)(=O)c1cccc(CCN[C@H]2CC[C@@](CN)(c3cccc(Cl)c3)CC2)c1.Cl.Cl. The highest BCUT2D eigenvalue weighted by atomic mass is 35.5. The Bertz CT molecular complexity index is 914. The van der Waals surface area contributed by atoms with Crippen molar-refractivity contribution in [2.75, 3.05) is 19.3 Å². The van der Waals surface area contributed by atoms with Gasteiger partial charge in [0.25, 0.3) is 0 Å². The van der Waals surface area contributed by atoms with Crippen molar-refractivity contribution in [3.63, 3.8) is 0 Å². The Kier molecular flexibility index (Phi) is 10.6. The van der Waals surface area contributed by atoms with Gasteiger partial charge in [-0.2, -0.15) is 0 Å². The van der Waals surface area contributed by atoms with Gasteiger partial charge < -0.3 is 11.1 Å². The first-order valence-corrected chi connectivity index (χ1v) is 12.1. The lowest BCUT2D eigenvalue weighted by atomic mass is 9.68. The highest BCUT2D eigenvalue weighted by Gasteiger charge is 2.35. The van der Waals surface area contributed by atoms with Crippen LogP contribution in [0.2, 0.25) is 5.02 Å². The summed E-state index contributed by atoms with van der Waals surface area (Å²) in [5.74, 6) is 0. The van der Waals surface area contributed by atoms with E-state index in [1.807, 2.05) is 24.3 Å². The molecule has 1 aliphatic rings. The van der Waals surface area contributed by atoms with Crippen molar-refractivity contribution >= 4 is 46.3 Å². The van der Waals surface area contributed by atoms with Crippen molar-refractivity contribution in [3.8, 4) is 0 Å². The van der Waals surface area contributed by atoms with E-state index in [1.165, 1.54) is 11.8 Å². The minimum absolute atomic E-state index is 0. The van der Waals surface area contributed by atoms with Crippen LogP contribution in [-0.2, 0) is 21.7 Å². The van der Waals surface area contributed by atoms with Gasteiger partial charge in [-0.25, -0.2) is 8.42 Å². The van der Waals surface area contributed by atoms with Crippen molar-refractivity contribution in [1.82, 2.24) is 5.32 Å². The van der Waals surface area contributed by atoms with Gasteiger partial charge in [-0.15, -0.1) is 24.8 Å². The summed E-state index contributed by atoms with van der Waals surface area (Å²) in [4.78, 5) is 0.386. The first-order valence-electron chi connectivity index (χ1n) is 9.81. The third kappa shape index (κ3) is 6.84. The highest BCUT2D eigenvalue weighted by Crippen LogP contribution is 2.39. The maximum atomic E-state index is 11.7. The van der Waals surface area contributed by atoms with E-state index in [0.29, 0.717) is 17.5 Å². The number of benzene rings is 2. The van der Waals surface area contributed by atoms with E-state index in [9.17, 15) is 8.42 Å². The number of nitrogens with one attached hydrogen (secondary N) is 1. The van der Waals surface area contributed by atoms with Crippen LogP contribution in [-0.4, -0.2) is 33.8 Å². The molecule has 3 N–H and O–H groups in total. The molecule has 1 fully saturated rings. The normalized spacial score (nSPS) is 21.4. The quantitative estimate of drug-likeness (QED) is 0.593. The van der Waals surface area contributed by atoms with E-state index < -0.39 is 9.84 Å². The van der Waals surface area contributed by atoms with Crippen LogP contribution in [0.4, 0.5) is 0 Å². The zero-order chi connectivity index (χ0) is 20.2. The standard InChI is InChI=1S/C22H29ClN2O2S.2ClH/c1-28(26,27)21-7-2-4-17(14-21)10-13-25-20-8-11-22(16-24,12-9-20)18-5-3-6-19(23)15-18;;/h2-7,14-15,20,25H,8-13,16,24H2,1H3;2*1H/t20-,22+;;. The second-order valence-electron chi connectivity index (χ2n) is 7.89. The van der Waals surface area contributed by atoms with Gasteiger partial charge in [-0.05, 0) is 74.0 Å². The zero-order valence-corrected chi connectivity index (χ0v) is 20.3. The fourth-order valence-corrected chi connectivity index (χ4v) is 5.04. The van der Waals surface area contributed by atoms with Crippen molar-refractivity contribution in [3.05, 3.63) is 64.7 Å². The summed E-state index contributed by atoms with van der Waals surface area (Å²) >= 11 is 6.19. The van der Waals surface area contributed by atoms with Gasteiger partial charge in [-0.3, -0.25) is 0 Å². The summed E-state index contributed by atoms with van der Waals surface area (Å²) in [6, 6.07) is 15.8. The van der Waals surface area contributed by atoms with Crippen LogP contribution in [0.1, 0.15) is 36.8 Å². The van der Waals surface area contributed by atoms with Gasteiger partial charge in [0, 0.05) is 29.3 Å². The van der Waals surface area contributed by atoms with E-state index in [0.717, 1.165) is 49.2 Å². The largest absolute Gasteiger partial charge is 0.330 e. The Labute approximate surface area is 197 Å². The molecule has 0 atom stereocenters. The molecule has 2 aromatic carbocycles. The van der Waals surface area contributed by atoms with Crippen LogP contribution in [0.5, 0.6) is 0 Å². The zero-order valence-electron chi connectivity index (χ0n) is 17.1. The third-order valence-electron chi connectivity index (χ3n) is 5.94. The molecule has 0 unspecified atom stereocenters. The Morgan fingerprint density at radius 1 is 1.10 bits per heavy atom. The summed E-state index contributed by atoms with van der Waals surface area (Å²) in [7, 11) is -3.16. The molecule has 0 bridgehead atoms. The predicted molar refractivity (Wildman–Crippen MR) is 130 cm³/mol. The molecule has 30 heavy (non-hydrogen) atoms. The maximum absolute atomic E-state index is 11.7. The van der Waals surface area contributed by atoms with Gasteiger partial charge in [-0.1, -0.05) is 35.9 Å². The van der Waals surface area contributed by atoms with E-state index in [1.54, 1.807) is 12.1 Å². The summed E-state index contributed by atoms with van der Waals surface area (Å²) < 4.78 is 23.4. The second-order valence-corrected chi connectivity index (χ2v) is 10.3. The fraction of sp³-hybridized carbons (Fsp3) is 0.455. The molecule has 0 amide bonds. The Balaban J connectivity index is 0.00000225. The molecule has 0 aromatic heterocycles. The monoisotopic (exact) mass is 492 g/mol. The molecule has 1 saturated carbocycles. The Hall–Kier alpha value is -0.820. The molecule has 0 spiro atoms. The number of sulfone groups is 1. The molecule has 4 nitrogen and oxygen atoms in total. The lowest BCUT2D eigenvalue weighted by Gasteiger charge is -2.40. The molecule has 1 aliphatic carbocycles. The van der Waals surface area contributed by atoms with Gasteiger partial charge >= 0.3 is 0 Å². The summed E-state index contributed by atoms with van der Waals surface area (Å²) in [6.07, 6.45) is 6.31. The Morgan fingerprint density at radius 3 is 2.37 bits per heavy atom. The van der Waals surface area contributed by atoms with Crippen LogP contribution >= 0.6 is 36.4 Å². The minimum atomic E-state index is -3.16. The van der Waals surface area contributed by atoms with Crippen molar-refractivity contribution < 1.29 is 8.42 Å². The van der Waals surface area contributed by atoms with E-state index in [2.05, 4.69) is 17.4 Å². The fourth-order valence-electron chi connectivity index (χ4n) is 4.16. The van der Waals surface area contributed by atoms with E-state index >= 15 is 0 Å². The molecule has 0 radical (unpaired) electrons. The average molecular weight is 494 g/mol.